The van der Waals surface area contributed by atoms with E-state index in [0.717, 1.165) is 48.1 Å². The highest BCUT2D eigenvalue weighted by molar-refractivity contribution is 5.83. The zero-order chi connectivity index (χ0) is 32.4. The van der Waals surface area contributed by atoms with E-state index in [2.05, 4.69) is 26.8 Å². The van der Waals surface area contributed by atoms with Crippen LogP contribution in [-0.2, 0) is 29.5 Å². The fraction of sp³-hybridized carbons (Fsp3) is 0.400. The molecular weight excluding hydrogens is 594 g/mol. The topological polar surface area (TPSA) is 151 Å². The molecule has 4 aromatic rings. The van der Waals surface area contributed by atoms with Gasteiger partial charge in [-0.05, 0) is 49.1 Å². The van der Waals surface area contributed by atoms with Crippen LogP contribution in [0.25, 0.3) is 11.1 Å². The van der Waals surface area contributed by atoms with Crippen molar-refractivity contribution in [3.05, 3.63) is 89.9 Å². The summed E-state index contributed by atoms with van der Waals surface area (Å²) in [7, 11) is 1.89. The van der Waals surface area contributed by atoms with E-state index in [1.54, 1.807) is 10.9 Å². The first kappa shape index (κ1) is 30.3. The Hall–Kier alpha value is -5.31. The van der Waals surface area contributed by atoms with Crippen LogP contribution >= 0.6 is 0 Å². The molecule has 2 saturated heterocycles. The Morgan fingerprint density at radius 1 is 1.09 bits per heavy atom. The predicted molar refractivity (Wildman–Crippen MR) is 173 cm³/mol. The number of alkyl carbamates (subject to hydrolysis) is 1. The summed E-state index contributed by atoms with van der Waals surface area (Å²) in [6, 6.07) is 16.2. The molecule has 0 radical (unpaired) electrons. The molecule has 3 aliphatic rings. The van der Waals surface area contributed by atoms with Crippen LogP contribution in [0, 0.1) is 23.2 Å². The lowest BCUT2D eigenvalue weighted by atomic mass is 9.73. The fourth-order valence-electron chi connectivity index (χ4n) is 7.12. The summed E-state index contributed by atoms with van der Waals surface area (Å²) in [5.41, 5.74) is 3.79. The van der Waals surface area contributed by atoms with Gasteiger partial charge in [-0.3, -0.25) is 14.5 Å². The van der Waals surface area contributed by atoms with Gasteiger partial charge in [-0.1, -0.05) is 36.4 Å². The summed E-state index contributed by atoms with van der Waals surface area (Å²) in [4.78, 5) is 41.5. The Bertz CT molecular complexity index is 1790. The number of cyclic esters (lactones) is 1. The zero-order valence-corrected chi connectivity index (χ0v) is 26.3. The molecule has 1 atom stereocenters. The van der Waals surface area contributed by atoms with Crippen molar-refractivity contribution in [2.45, 2.75) is 50.1 Å². The molecule has 2 aliphatic heterocycles. The highest BCUT2D eigenvalue weighted by Gasteiger charge is 2.50. The van der Waals surface area contributed by atoms with Crippen LogP contribution in [0.1, 0.15) is 54.2 Å². The summed E-state index contributed by atoms with van der Waals surface area (Å²) in [6.07, 6.45) is 11.2. The van der Waals surface area contributed by atoms with Crippen molar-refractivity contribution >= 4 is 17.8 Å². The standard InChI is InChI=1S/C35H37N9O3/c1-43-19-28(18-40-43)26-11-12-29(37-16-26)31(33(45)39-15-24-5-3-2-4-6-24)25-9-7-23(8-10-25)13-30-38-17-27(14-36)32(41-30)44-20-35(21-44)22-47-34(46)42-35/h2-6,11-12,16-19,23,25,31H,7-10,13,15,20-22H2,1H3,(H,39,45)(H,42,46). The molecule has 2 amide bonds. The normalized spacial score (nSPS) is 20.5. The summed E-state index contributed by atoms with van der Waals surface area (Å²) in [5, 5.41) is 20.0. The minimum Gasteiger partial charge on any atom is -0.447 e. The van der Waals surface area contributed by atoms with E-state index in [0.29, 0.717) is 55.8 Å². The Morgan fingerprint density at radius 3 is 2.55 bits per heavy atom. The number of nitrogens with one attached hydrogen (secondary N) is 2. The molecule has 1 unspecified atom stereocenters. The van der Waals surface area contributed by atoms with E-state index in [-0.39, 0.29) is 17.7 Å². The number of aryl methyl sites for hydroxylation is 1. The maximum Gasteiger partial charge on any atom is 0.407 e. The van der Waals surface area contributed by atoms with E-state index in [9.17, 15) is 14.9 Å². The van der Waals surface area contributed by atoms with Crippen molar-refractivity contribution in [1.29, 1.82) is 5.26 Å². The number of amides is 2. The molecule has 1 spiro atoms. The monoisotopic (exact) mass is 631 g/mol. The molecule has 5 heterocycles. The van der Waals surface area contributed by atoms with Gasteiger partial charge in [-0.25, -0.2) is 14.8 Å². The first-order valence-corrected chi connectivity index (χ1v) is 16.1. The Morgan fingerprint density at radius 2 is 1.89 bits per heavy atom. The number of nitriles is 1. The van der Waals surface area contributed by atoms with Gasteiger partial charge in [0.1, 0.15) is 35.4 Å². The number of rotatable bonds is 9. The van der Waals surface area contributed by atoms with Crippen LogP contribution in [0.15, 0.2) is 67.3 Å². The van der Waals surface area contributed by atoms with Gasteiger partial charge < -0.3 is 20.3 Å². The van der Waals surface area contributed by atoms with Gasteiger partial charge in [-0.15, -0.1) is 0 Å². The SMILES string of the molecule is Cn1cc(-c2ccc(C(C(=O)NCc3ccccc3)C3CCC(Cc4ncc(C#N)c(N5CC6(COC(=O)N6)C5)n4)CC3)nc2)cn1. The molecule has 1 saturated carbocycles. The second-order valence-electron chi connectivity index (χ2n) is 13.0. The van der Waals surface area contributed by atoms with Crippen LogP contribution in [0.2, 0.25) is 0 Å². The lowest BCUT2D eigenvalue weighted by molar-refractivity contribution is -0.124. The summed E-state index contributed by atoms with van der Waals surface area (Å²) in [5.74, 6) is 1.46. The van der Waals surface area contributed by atoms with Crippen molar-refractivity contribution in [1.82, 2.24) is 35.4 Å². The molecule has 240 valence electrons. The third-order valence-electron chi connectivity index (χ3n) is 9.64. The zero-order valence-electron chi connectivity index (χ0n) is 26.3. The second-order valence-corrected chi connectivity index (χ2v) is 13.0. The van der Waals surface area contributed by atoms with Crippen molar-refractivity contribution < 1.29 is 14.3 Å². The molecule has 12 nitrogen and oxygen atoms in total. The van der Waals surface area contributed by atoms with E-state index in [4.69, 9.17) is 14.7 Å². The minimum absolute atomic E-state index is 0.00447. The first-order chi connectivity index (χ1) is 22.9. The van der Waals surface area contributed by atoms with E-state index < -0.39 is 11.6 Å². The third kappa shape index (κ3) is 6.52. The quantitative estimate of drug-likeness (QED) is 0.280. The number of hydrogen-bond donors (Lipinski definition) is 2. The lowest BCUT2D eigenvalue weighted by Gasteiger charge is -2.46. The lowest BCUT2D eigenvalue weighted by Crippen LogP contribution is -2.69. The molecule has 7 rings (SSSR count). The van der Waals surface area contributed by atoms with E-state index in [1.807, 2.05) is 73.0 Å². The molecule has 0 bridgehead atoms. The minimum atomic E-state index is -0.412. The average molecular weight is 632 g/mol. The first-order valence-electron chi connectivity index (χ1n) is 16.1. The maximum absolute atomic E-state index is 13.8. The van der Waals surface area contributed by atoms with Crippen molar-refractivity contribution in [2.24, 2.45) is 18.9 Å². The highest BCUT2D eigenvalue weighted by atomic mass is 16.6. The molecule has 47 heavy (non-hydrogen) atoms. The number of anilines is 1. The second kappa shape index (κ2) is 12.8. The number of hydrogen-bond acceptors (Lipinski definition) is 9. The average Bonchev–Trinajstić information content (AvgIpc) is 3.70. The van der Waals surface area contributed by atoms with Gasteiger partial charge in [0.25, 0.3) is 0 Å². The Labute approximate surface area is 273 Å². The van der Waals surface area contributed by atoms with Crippen molar-refractivity contribution in [3.63, 3.8) is 0 Å². The number of nitrogens with zero attached hydrogens (tertiary/aromatic N) is 7. The third-order valence-corrected chi connectivity index (χ3v) is 9.64. The van der Waals surface area contributed by atoms with Gasteiger partial charge in [0, 0.05) is 56.6 Å². The van der Waals surface area contributed by atoms with Gasteiger partial charge in [0.05, 0.1) is 24.0 Å². The molecule has 3 fully saturated rings. The number of carbonyl (C=O) groups excluding carboxylic acids is 2. The number of benzene rings is 1. The molecule has 1 aliphatic carbocycles. The fourth-order valence-corrected chi connectivity index (χ4v) is 7.12. The Kier molecular flexibility index (Phi) is 8.28. The van der Waals surface area contributed by atoms with Crippen LogP contribution in [0.3, 0.4) is 0 Å². The van der Waals surface area contributed by atoms with Crippen molar-refractivity contribution in [3.8, 4) is 17.2 Å². The Balaban J connectivity index is 1.03. The maximum atomic E-state index is 13.8. The van der Waals surface area contributed by atoms with Crippen LogP contribution in [-0.4, -0.2) is 62.0 Å². The van der Waals surface area contributed by atoms with Gasteiger partial charge in [-0.2, -0.15) is 10.4 Å². The number of aromatic nitrogens is 5. The van der Waals surface area contributed by atoms with E-state index >= 15 is 0 Å². The number of carbonyl (C=O) groups is 2. The van der Waals surface area contributed by atoms with Gasteiger partial charge in [0.15, 0.2) is 0 Å². The highest BCUT2D eigenvalue weighted by Crippen LogP contribution is 2.40. The summed E-state index contributed by atoms with van der Waals surface area (Å²) in [6.45, 7) is 1.87. The smallest absolute Gasteiger partial charge is 0.407 e. The molecule has 2 N–H and O–H groups in total. The van der Waals surface area contributed by atoms with Gasteiger partial charge >= 0.3 is 6.09 Å². The summed E-state index contributed by atoms with van der Waals surface area (Å²) >= 11 is 0. The van der Waals surface area contributed by atoms with Gasteiger partial charge in [0.2, 0.25) is 5.91 Å². The molecule has 1 aromatic carbocycles. The largest absolute Gasteiger partial charge is 0.447 e. The van der Waals surface area contributed by atoms with E-state index in [1.165, 1.54) is 0 Å². The van der Waals surface area contributed by atoms with Crippen LogP contribution in [0.4, 0.5) is 10.6 Å². The molecule has 12 heteroatoms. The van der Waals surface area contributed by atoms with Crippen molar-refractivity contribution in [2.75, 3.05) is 24.6 Å². The number of pyridine rings is 1. The molecular formula is C35H37N9O3. The molecule has 3 aromatic heterocycles. The summed E-state index contributed by atoms with van der Waals surface area (Å²) < 4.78 is 6.86. The van der Waals surface area contributed by atoms with Crippen LogP contribution < -0.4 is 15.5 Å². The number of ether oxygens (including phenoxy) is 1. The van der Waals surface area contributed by atoms with Crippen LogP contribution in [0.5, 0.6) is 0 Å². The predicted octanol–water partition coefficient (Wildman–Crippen LogP) is 3.89.